The molecule has 0 unspecified atom stereocenters. The molecule has 96 valence electrons. The van der Waals surface area contributed by atoms with Crippen molar-refractivity contribution >= 4 is 5.91 Å². The van der Waals surface area contributed by atoms with Gasteiger partial charge in [-0.3, -0.25) is 4.79 Å². The first kappa shape index (κ1) is 13.7. The lowest BCUT2D eigenvalue weighted by Crippen LogP contribution is -2.29. The van der Waals surface area contributed by atoms with Crippen LogP contribution in [-0.2, 0) is 17.9 Å². The number of aromatic nitrogens is 2. The lowest BCUT2D eigenvalue weighted by atomic mass is 10.4. The molecule has 0 aliphatic rings. The van der Waals surface area contributed by atoms with Crippen molar-refractivity contribution in [3.8, 4) is 0 Å². The topological polar surface area (TPSA) is 59.0 Å². The van der Waals surface area contributed by atoms with Gasteiger partial charge in [0.1, 0.15) is 12.4 Å². The molecule has 0 fully saturated rings. The summed E-state index contributed by atoms with van der Waals surface area (Å²) in [5.41, 5.74) is 0. The van der Waals surface area contributed by atoms with Crippen LogP contribution >= 0.6 is 0 Å². The summed E-state index contributed by atoms with van der Waals surface area (Å²) < 4.78 is 1.88. The summed E-state index contributed by atoms with van der Waals surface area (Å²) in [6.07, 6.45) is 5.63. The number of carbonyl (C=O) groups is 1. The molecule has 17 heavy (non-hydrogen) atoms. The number of nitrogens with one attached hydrogen (secondary N) is 2. The smallest absolute Gasteiger partial charge is 0.239 e. The summed E-state index contributed by atoms with van der Waals surface area (Å²) in [7, 11) is 0. The average molecular weight is 238 g/mol. The zero-order valence-electron chi connectivity index (χ0n) is 10.7. The highest BCUT2D eigenvalue weighted by Gasteiger charge is 2.06. The molecule has 0 spiro atoms. The maximum absolute atomic E-state index is 11.6. The van der Waals surface area contributed by atoms with E-state index < -0.39 is 0 Å². The van der Waals surface area contributed by atoms with Gasteiger partial charge in [0.05, 0.1) is 6.54 Å². The zero-order chi connectivity index (χ0) is 12.5. The summed E-state index contributed by atoms with van der Waals surface area (Å²) in [4.78, 5) is 15.8. The minimum Gasteiger partial charge on any atom is -0.355 e. The largest absolute Gasteiger partial charge is 0.355 e. The molecule has 0 aromatic carbocycles. The molecule has 0 bridgehead atoms. The van der Waals surface area contributed by atoms with Crippen LogP contribution in [0.2, 0.25) is 0 Å². The van der Waals surface area contributed by atoms with E-state index >= 15 is 0 Å². The van der Waals surface area contributed by atoms with Gasteiger partial charge in [-0.2, -0.15) is 0 Å². The van der Waals surface area contributed by atoms with Gasteiger partial charge in [0.2, 0.25) is 5.91 Å². The van der Waals surface area contributed by atoms with Crippen LogP contribution in [0.15, 0.2) is 12.4 Å². The number of amides is 1. The monoisotopic (exact) mass is 238 g/mol. The lowest BCUT2D eigenvalue weighted by molar-refractivity contribution is -0.121. The number of hydrogen-bond donors (Lipinski definition) is 2. The summed E-state index contributed by atoms with van der Waals surface area (Å²) in [6.45, 7) is 6.92. The molecule has 0 saturated carbocycles. The fourth-order valence-electron chi connectivity index (χ4n) is 1.50. The van der Waals surface area contributed by atoms with E-state index in [1.54, 1.807) is 6.20 Å². The normalized spacial score (nSPS) is 10.5. The molecule has 1 heterocycles. The van der Waals surface area contributed by atoms with Crippen LogP contribution in [0.3, 0.4) is 0 Å². The third-order valence-corrected chi connectivity index (χ3v) is 2.40. The fraction of sp³-hybridized carbons (Fsp3) is 0.667. The van der Waals surface area contributed by atoms with Crippen molar-refractivity contribution in [2.24, 2.45) is 0 Å². The second kappa shape index (κ2) is 7.84. The first-order valence-corrected chi connectivity index (χ1v) is 6.25. The third kappa shape index (κ3) is 4.99. The molecule has 1 rings (SSSR count). The Labute approximate surface area is 103 Å². The van der Waals surface area contributed by atoms with Gasteiger partial charge in [0, 0.05) is 18.9 Å². The third-order valence-electron chi connectivity index (χ3n) is 2.40. The number of carbonyl (C=O) groups excluding carboxylic acids is 1. The Morgan fingerprint density at radius 2 is 2.12 bits per heavy atom. The van der Waals surface area contributed by atoms with Gasteiger partial charge < -0.3 is 15.2 Å². The fourth-order valence-corrected chi connectivity index (χ4v) is 1.50. The van der Waals surface area contributed by atoms with Crippen LogP contribution in [0.25, 0.3) is 0 Å². The molecule has 5 nitrogen and oxygen atoms in total. The van der Waals surface area contributed by atoms with Crippen LogP contribution in [0.4, 0.5) is 0 Å². The van der Waals surface area contributed by atoms with Gasteiger partial charge in [0.15, 0.2) is 0 Å². The van der Waals surface area contributed by atoms with Gasteiger partial charge in [0.25, 0.3) is 0 Å². The minimum atomic E-state index is 0.0431. The SMILES string of the molecule is CCCNCc1nccn1CC(=O)NCCC. The predicted octanol–water partition coefficient (Wildman–Crippen LogP) is 0.909. The van der Waals surface area contributed by atoms with Gasteiger partial charge in [-0.05, 0) is 19.4 Å². The first-order valence-electron chi connectivity index (χ1n) is 6.25. The van der Waals surface area contributed by atoms with Crippen LogP contribution in [-0.4, -0.2) is 28.5 Å². The van der Waals surface area contributed by atoms with Crippen molar-refractivity contribution in [2.45, 2.75) is 39.8 Å². The van der Waals surface area contributed by atoms with Crippen molar-refractivity contribution in [1.82, 2.24) is 20.2 Å². The van der Waals surface area contributed by atoms with E-state index in [9.17, 15) is 4.79 Å². The van der Waals surface area contributed by atoms with Gasteiger partial charge >= 0.3 is 0 Å². The summed E-state index contributed by atoms with van der Waals surface area (Å²) in [6, 6.07) is 0. The minimum absolute atomic E-state index is 0.0431. The van der Waals surface area contributed by atoms with Crippen molar-refractivity contribution in [3.63, 3.8) is 0 Å². The van der Waals surface area contributed by atoms with Crippen molar-refractivity contribution in [3.05, 3.63) is 18.2 Å². The molecule has 0 atom stereocenters. The summed E-state index contributed by atoms with van der Waals surface area (Å²) >= 11 is 0. The van der Waals surface area contributed by atoms with Gasteiger partial charge in [-0.15, -0.1) is 0 Å². The number of nitrogens with zero attached hydrogens (tertiary/aromatic N) is 2. The van der Waals surface area contributed by atoms with Crippen molar-refractivity contribution in [1.29, 1.82) is 0 Å². The van der Waals surface area contributed by atoms with Crippen molar-refractivity contribution in [2.75, 3.05) is 13.1 Å². The summed E-state index contributed by atoms with van der Waals surface area (Å²) in [5.74, 6) is 0.951. The molecule has 5 heteroatoms. The van der Waals surface area contributed by atoms with Crippen LogP contribution < -0.4 is 10.6 Å². The Hall–Kier alpha value is -1.36. The Bertz CT molecular complexity index is 335. The van der Waals surface area contributed by atoms with Crippen molar-refractivity contribution < 1.29 is 4.79 Å². The van der Waals surface area contributed by atoms with E-state index in [0.29, 0.717) is 13.1 Å². The predicted molar refractivity (Wildman–Crippen MR) is 67.5 cm³/mol. The number of hydrogen-bond acceptors (Lipinski definition) is 3. The van der Waals surface area contributed by atoms with Crippen LogP contribution in [0.5, 0.6) is 0 Å². The van der Waals surface area contributed by atoms with Gasteiger partial charge in [-0.1, -0.05) is 13.8 Å². The van der Waals surface area contributed by atoms with Gasteiger partial charge in [-0.25, -0.2) is 4.98 Å². The number of imidazole rings is 1. The van der Waals surface area contributed by atoms with E-state index in [1.807, 2.05) is 17.7 Å². The highest BCUT2D eigenvalue weighted by atomic mass is 16.1. The standard InChI is InChI=1S/C12H22N4O/c1-3-5-13-9-11-14-7-8-16(11)10-12(17)15-6-4-2/h7-8,13H,3-6,9-10H2,1-2H3,(H,15,17). The molecular formula is C12H22N4O. The lowest BCUT2D eigenvalue weighted by Gasteiger charge is -2.08. The van der Waals surface area contributed by atoms with E-state index in [2.05, 4.69) is 22.5 Å². The second-order valence-electron chi connectivity index (χ2n) is 4.00. The van der Waals surface area contributed by atoms with E-state index in [0.717, 1.165) is 31.8 Å². The Morgan fingerprint density at radius 1 is 1.35 bits per heavy atom. The number of rotatable bonds is 8. The Morgan fingerprint density at radius 3 is 2.82 bits per heavy atom. The zero-order valence-corrected chi connectivity index (χ0v) is 10.7. The second-order valence-corrected chi connectivity index (χ2v) is 4.00. The molecule has 0 aliphatic carbocycles. The van der Waals surface area contributed by atoms with E-state index in [1.165, 1.54) is 0 Å². The Kier molecular flexibility index (Phi) is 6.32. The average Bonchev–Trinajstić information content (AvgIpc) is 2.74. The molecule has 0 radical (unpaired) electrons. The maximum atomic E-state index is 11.6. The first-order chi connectivity index (χ1) is 8.27. The molecular weight excluding hydrogens is 216 g/mol. The van der Waals surface area contributed by atoms with Crippen LogP contribution in [0.1, 0.15) is 32.5 Å². The van der Waals surface area contributed by atoms with Crippen LogP contribution in [0, 0.1) is 0 Å². The van der Waals surface area contributed by atoms with E-state index in [4.69, 9.17) is 0 Å². The highest BCUT2D eigenvalue weighted by molar-refractivity contribution is 5.75. The highest BCUT2D eigenvalue weighted by Crippen LogP contribution is 1.97. The molecule has 1 amide bonds. The quantitative estimate of drug-likeness (QED) is 0.662. The molecule has 0 aliphatic heterocycles. The maximum Gasteiger partial charge on any atom is 0.239 e. The molecule has 1 aromatic rings. The molecule has 0 saturated heterocycles. The molecule has 1 aromatic heterocycles. The Balaban J connectivity index is 2.42. The summed E-state index contributed by atoms with van der Waals surface area (Å²) in [5, 5.41) is 6.14. The van der Waals surface area contributed by atoms with E-state index in [-0.39, 0.29) is 5.91 Å². The molecule has 2 N–H and O–H groups in total.